The molecule has 3 aromatic rings. The molecule has 2 heterocycles. The highest BCUT2D eigenvalue weighted by molar-refractivity contribution is 6.42. The van der Waals surface area contributed by atoms with Gasteiger partial charge in [-0.25, -0.2) is 4.98 Å². The second kappa shape index (κ2) is 5.68. The van der Waals surface area contributed by atoms with Crippen LogP contribution < -0.4 is 5.73 Å². The summed E-state index contributed by atoms with van der Waals surface area (Å²) in [6.45, 7) is 2.60. The SMILES string of the molecule is Cc1cccn2c(-c3ccc(Cl)c(Cl)c3)c(CCN)nc12. The van der Waals surface area contributed by atoms with Gasteiger partial charge in [-0.2, -0.15) is 0 Å². The van der Waals surface area contributed by atoms with Crippen LogP contribution in [0.4, 0.5) is 0 Å². The van der Waals surface area contributed by atoms with Crippen molar-refractivity contribution in [1.29, 1.82) is 0 Å². The molecule has 108 valence electrons. The van der Waals surface area contributed by atoms with Crippen LogP contribution in [0.2, 0.25) is 10.0 Å². The monoisotopic (exact) mass is 319 g/mol. The molecule has 0 unspecified atom stereocenters. The molecule has 1 aromatic carbocycles. The van der Waals surface area contributed by atoms with E-state index in [4.69, 9.17) is 33.9 Å². The van der Waals surface area contributed by atoms with Crippen LogP contribution >= 0.6 is 23.2 Å². The van der Waals surface area contributed by atoms with Gasteiger partial charge in [-0.3, -0.25) is 4.40 Å². The molecule has 0 spiro atoms. The number of rotatable bonds is 3. The van der Waals surface area contributed by atoms with E-state index in [1.165, 1.54) is 0 Å². The number of aromatic nitrogens is 2. The first-order chi connectivity index (χ1) is 10.1. The molecule has 0 saturated heterocycles. The molecule has 2 N–H and O–H groups in total. The molecular formula is C16H15Cl2N3. The Bertz CT molecular complexity index is 809. The van der Waals surface area contributed by atoms with Crippen molar-refractivity contribution in [2.75, 3.05) is 6.54 Å². The third-order valence-electron chi connectivity index (χ3n) is 3.49. The van der Waals surface area contributed by atoms with E-state index in [9.17, 15) is 0 Å². The van der Waals surface area contributed by atoms with Crippen molar-refractivity contribution < 1.29 is 0 Å². The average molecular weight is 320 g/mol. The summed E-state index contributed by atoms with van der Waals surface area (Å²) in [6.07, 6.45) is 2.73. The summed E-state index contributed by atoms with van der Waals surface area (Å²) in [5, 5.41) is 1.08. The van der Waals surface area contributed by atoms with Crippen molar-refractivity contribution in [3.05, 3.63) is 57.8 Å². The third kappa shape index (κ3) is 2.53. The van der Waals surface area contributed by atoms with Gasteiger partial charge < -0.3 is 5.73 Å². The summed E-state index contributed by atoms with van der Waals surface area (Å²) >= 11 is 12.2. The Hall–Kier alpha value is -1.55. The van der Waals surface area contributed by atoms with Crippen LogP contribution in [0, 0.1) is 6.92 Å². The van der Waals surface area contributed by atoms with E-state index in [-0.39, 0.29) is 0 Å². The van der Waals surface area contributed by atoms with Crippen LogP contribution in [-0.2, 0) is 6.42 Å². The molecular weight excluding hydrogens is 305 g/mol. The highest BCUT2D eigenvalue weighted by atomic mass is 35.5. The van der Waals surface area contributed by atoms with Crippen molar-refractivity contribution in [2.24, 2.45) is 5.73 Å². The van der Waals surface area contributed by atoms with Gasteiger partial charge in [0.05, 0.1) is 21.4 Å². The number of imidazole rings is 1. The van der Waals surface area contributed by atoms with Crippen molar-refractivity contribution >= 4 is 28.8 Å². The van der Waals surface area contributed by atoms with Gasteiger partial charge in [-0.05, 0) is 37.2 Å². The van der Waals surface area contributed by atoms with Gasteiger partial charge in [-0.1, -0.05) is 35.3 Å². The second-order valence-electron chi connectivity index (χ2n) is 4.96. The summed E-state index contributed by atoms with van der Waals surface area (Å²) < 4.78 is 2.08. The Morgan fingerprint density at radius 2 is 2.00 bits per heavy atom. The maximum absolute atomic E-state index is 6.16. The Morgan fingerprint density at radius 1 is 1.19 bits per heavy atom. The van der Waals surface area contributed by atoms with E-state index in [1.54, 1.807) is 6.07 Å². The molecule has 0 saturated carbocycles. The summed E-state index contributed by atoms with van der Waals surface area (Å²) in [5.74, 6) is 0. The zero-order chi connectivity index (χ0) is 15.0. The Kier molecular flexibility index (Phi) is 3.89. The molecule has 0 aliphatic rings. The third-order valence-corrected chi connectivity index (χ3v) is 4.23. The smallest absolute Gasteiger partial charge is 0.140 e. The summed E-state index contributed by atoms with van der Waals surface area (Å²) in [5.41, 5.74) is 10.8. The van der Waals surface area contributed by atoms with E-state index >= 15 is 0 Å². The van der Waals surface area contributed by atoms with E-state index in [0.717, 1.165) is 34.6 Å². The van der Waals surface area contributed by atoms with Gasteiger partial charge >= 0.3 is 0 Å². The number of nitrogens with zero attached hydrogens (tertiary/aromatic N) is 2. The fourth-order valence-corrected chi connectivity index (χ4v) is 2.81. The van der Waals surface area contributed by atoms with Crippen molar-refractivity contribution in [2.45, 2.75) is 13.3 Å². The van der Waals surface area contributed by atoms with Gasteiger partial charge in [0, 0.05) is 18.2 Å². The maximum atomic E-state index is 6.16. The number of pyridine rings is 1. The van der Waals surface area contributed by atoms with Gasteiger partial charge in [0.2, 0.25) is 0 Å². The number of hydrogen-bond donors (Lipinski definition) is 1. The van der Waals surface area contributed by atoms with Gasteiger partial charge in [-0.15, -0.1) is 0 Å². The van der Waals surface area contributed by atoms with Crippen LogP contribution in [0.5, 0.6) is 0 Å². The molecule has 0 bridgehead atoms. The molecule has 0 amide bonds. The normalized spacial score (nSPS) is 11.2. The summed E-state index contributed by atoms with van der Waals surface area (Å²) in [4.78, 5) is 4.74. The minimum atomic E-state index is 0.537. The molecule has 0 aliphatic carbocycles. The predicted octanol–water partition coefficient (Wildman–Crippen LogP) is 4.12. The van der Waals surface area contributed by atoms with Crippen molar-refractivity contribution in [1.82, 2.24) is 9.38 Å². The lowest BCUT2D eigenvalue weighted by molar-refractivity contribution is 0.939. The van der Waals surface area contributed by atoms with Crippen LogP contribution in [-0.4, -0.2) is 15.9 Å². The molecule has 0 radical (unpaired) electrons. The second-order valence-corrected chi connectivity index (χ2v) is 5.77. The standard InChI is InChI=1S/C16H15Cl2N3/c1-10-3-2-8-21-15(14(6-7-19)20-16(10)21)11-4-5-12(17)13(18)9-11/h2-5,8-9H,6-7,19H2,1H3. The van der Waals surface area contributed by atoms with Crippen LogP contribution in [0.3, 0.4) is 0 Å². The van der Waals surface area contributed by atoms with E-state index < -0.39 is 0 Å². The van der Waals surface area contributed by atoms with E-state index in [0.29, 0.717) is 16.6 Å². The van der Waals surface area contributed by atoms with Gasteiger partial charge in [0.1, 0.15) is 5.65 Å². The lowest BCUT2D eigenvalue weighted by atomic mass is 10.1. The number of halogens is 2. The zero-order valence-electron chi connectivity index (χ0n) is 11.6. The molecule has 0 atom stereocenters. The van der Waals surface area contributed by atoms with Crippen LogP contribution in [0.15, 0.2) is 36.5 Å². The maximum Gasteiger partial charge on any atom is 0.140 e. The number of hydrogen-bond acceptors (Lipinski definition) is 2. The molecule has 0 fully saturated rings. The van der Waals surface area contributed by atoms with Crippen LogP contribution in [0.25, 0.3) is 16.9 Å². The van der Waals surface area contributed by atoms with E-state index in [1.807, 2.05) is 37.4 Å². The molecule has 5 heteroatoms. The lowest BCUT2D eigenvalue weighted by Crippen LogP contribution is -2.04. The van der Waals surface area contributed by atoms with Crippen molar-refractivity contribution in [3.63, 3.8) is 0 Å². The first kappa shape index (κ1) is 14.4. The molecule has 3 rings (SSSR count). The summed E-state index contributed by atoms with van der Waals surface area (Å²) in [6, 6.07) is 9.70. The molecule has 0 aliphatic heterocycles. The minimum absolute atomic E-state index is 0.537. The number of fused-ring (bicyclic) bond motifs is 1. The van der Waals surface area contributed by atoms with E-state index in [2.05, 4.69) is 4.40 Å². The topological polar surface area (TPSA) is 43.3 Å². The quantitative estimate of drug-likeness (QED) is 0.789. The number of benzene rings is 1. The Balaban J connectivity index is 2.30. The number of aryl methyl sites for hydroxylation is 1. The highest BCUT2D eigenvalue weighted by Crippen LogP contribution is 2.31. The number of nitrogens with two attached hydrogens (primary N) is 1. The highest BCUT2D eigenvalue weighted by Gasteiger charge is 2.15. The first-order valence-electron chi connectivity index (χ1n) is 6.74. The zero-order valence-corrected chi connectivity index (χ0v) is 13.1. The summed E-state index contributed by atoms with van der Waals surface area (Å²) in [7, 11) is 0. The van der Waals surface area contributed by atoms with Crippen molar-refractivity contribution in [3.8, 4) is 11.3 Å². The minimum Gasteiger partial charge on any atom is -0.330 e. The van der Waals surface area contributed by atoms with Gasteiger partial charge in [0.15, 0.2) is 0 Å². The van der Waals surface area contributed by atoms with Crippen LogP contribution in [0.1, 0.15) is 11.3 Å². The fraction of sp³-hybridized carbons (Fsp3) is 0.188. The lowest BCUT2D eigenvalue weighted by Gasteiger charge is -2.07. The van der Waals surface area contributed by atoms with Gasteiger partial charge in [0.25, 0.3) is 0 Å². The Labute approximate surface area is 133 Å². The molecule has 21 heavy (non-hydrogen) atoms. The molecule has 3 nitrogen and oxygen atoms in total. The predicted molar refractivity (Wildman–Crippen MR) is 88.1 cm³/mol. The average Bonchev–Trinajstić information content (AvgIpc) is 2.82. The first-order valence-corrected chi connectivity index (χ1v) is 7.49. The fourth-order valence-electron chi connectivity index (χ4n) is 2.51. The Morgan fingerprint density at radius 3 is 2.71 bits per heavy atom. The molecule has 2 aromatic heterocycles. The largest absolute Gasteiger partial charge is 0.330 e.